The zero-order chi connectivity index (χ0) is 14.4. The molecule has 2 rings (SSSR count). The number of ether oxygens (including phenoxy) is 1. The molecule has 104 valence electrons. The number of rotatable bonds is 6. The summed E-state index contributed by atoms with van der Waals surface area (Å²) in [6, 6.07) is 8.64. The van der Waals surface area contributed by atoms with Crippen molar-refractivity contribution in [3.8, 4) is 5.75 Å². The van der Waals surface area contributed by atoms with E-state index in [0.717, 1.165) is 18.2 Å². The maximum Gasteiger partial charge on any atom is 0.336 e. The predicted octanol–water partition coefficient (Wildman–Crippen LogP) is 4.08. The van der Waals surface area contributed by atoms with Crippen LogP contribution in [0.25, 0.3) is 11.0 Å². The van der Waals surface area contributed by atoms with E-state index in [1.165, 1.54) is 11.6 Å². The first kappa shape index (κ1) is 14.1. The van der Waals surface area contributed by atoms with Gasteiger partial charge in [0.2, 0.25) is 0 Å². The number of fused-ring (bicyclic) bond motifs is 1. The second-order valence-electron chi connectivity index (χ2n) is 4.64. The van der Waals surface area contributed by atoms with Crippen LogP contribution in [0.1, 0.15) is 19.8 Å². The summed E-state index contributed by atoms with van der Waals surface area (Å²) in [5.74, 6) is 0.694. The highest BCUT2D eigenvalue weighted by molar-refractivity contribution is 5.77. The lowest BCUT2D eigenvalue weighted by molar-refractivity contribution is 0.361. The van der Waals surface area contributed by atoms with Crippen molar-refractivity contribution in [1.82, 2.24) is 0 Å². The lowest BCUT2D eigenvalue weighted by Crippen LogP contribution is -1.97. The third-order valence-electron chi connectivity index (χ3n) is 3.02. The largest absolute Gasteiger partial charge is 0.489 e. The molecule has 0 unspecified atom stereocenters. The summed E-state index contributed by atoms with van der Waals surface area (Å²) in [6.45, 7) is 6.28. The molecule has 3 heteroatoms. The summed E-state index contributed by atoms with van der Waals surface area (Å²) in [5.41, 5.74) is 1.47. The number of hydrogen-bond acceptors (Lipinski definition) is 3. The molecule has 0 bridgehead atoms. The molecule has 3 nitrogen and oxygen atoms in total. The molecule has 0 atom stereocenters. The second kappa shape index (κ2) is 6.75. The first-order valence-electron chi connectivity index (χ1n) is 6.62. The van der Waals surface area contributed by atoms with Crippen molar-refractivity contribution in [3.05, 3.63) is 65.1 Å². The van der Waals surface area contributed by atoms with E-state index in [0.29, 0.717) is 17.9 Å². The average molecular weight is 270 g/mol. The first-order chi connectivity index (χ1) is 9.69. The van der Waals surface area contributed by atoms with E-state index in [1.54, 1.807) is 12.1 Å². The van der Waals surface area contributed by atoms with Crippen LogP contribution in [0.2, 0.25) is 0 Å². The van der Waals surface area contributed by atoms with E-state index < -0.39 is 0 Å². The van der Waals surface area contributed by atoms with Crippen molar-refractivity contribution in [2.24, 2.45) is 0 Å². The zero-order valence-electron chi connectivity index (χ0n) is 11.6. The van der Waals surface area contributed by atoms with Gasteiger partial charge in [-0.05, 0) is 44.0 Å². The molecule has 0 aliphatic heterocycles. The van der Waals surface area contributed by atoms with Crippen LogP contribution in [0, 0.1) is 0 Å². The third kappa shape index (κ3) is 3.85. The van der Waals surface area contributed by atoms with E-state index in [-0.39, 0.29) is 5.63 Å². The Kier molecular flexibility index (Phi) is 4.77. The molecule has 1 aromatic carbocycles. The molecule has 0 radical (unpaired) electrons. The number of hydrogen-bond donors (Lipinski definition) is 0. The highest BCUT2D eigenvalue weighted by Crippen LogP contribution is 2.19. The summed E-state index contributed by atoms with van der Waals surface area (Å²) >= 11 is 0. The Morgan fingerprint density at radius 1 is 1.35 bits per heavy atom. The molecule has 0 N–H and O–H groups in total. The SMILES string of the molecule is C=CCC/C(C)=C/COc1ccc2ccc(=O)oc2c1. The van der Waals surface area contributed by atoms with Crippen molar-refractivity contribution in [1.29, 1.82) is 0 Å². The van der Waals surface area contributed by atoms with Gasteiger partial charge in [0.25, 0.3) is 0 Å². The molecule has 0 aliphatic rings. The van der Waals surface area contributed by atoms with Crippen molar-refractivity contribution >= 4 is 11.0 Å². The molecule has 1 aromatic heterocycles. The van der Waals surface area contributed by atoms with Gasteiger partial charge < -0.3 is 9.15 Å². The summed E-state index contributed by atoms with van der Waals surface area (Å²) in [5, 5.41) is 0.884. The Bertz CT molecular complexity index is 680. The Labute approximate surface area is 118 Å². The van der Waals surface area contributed by atoms with Gasteiger partial charge in [-0.25, -0.2) is 4.79 Å². The van der Waals surface area contributed by atoms with Gasteiger partial charge in [-0.15, -0.1) is 6.58 Å². The normalized spacial score (nSPS) is 11.6. The van der Waals surface area contributed by atoms with E-state index in [2.05, 4.69) is 19.6 Å². The van der Waals surface area contributed by atoms with Gasteiger partial charge >= 0.3 is 5.63 Å². The van der Waals surface area contributed by atoms with E-state index in [1.807, 2.05) is 18.2 Å². The molecule has 0 fully saturated rings. The molecule has 0 saturated heterocycles. The Morgan fingerprint density at radius 3 is 2.95 bits per heavy atom. The van der Waals surface area contributed by atoms with Gasteiger partial charge in [0, 0.05) is 17.5 Å². The fourth-order valence-corrected chi connectivity index (χ4v) is 1.84. The molecule has 0 saturated carbocycles. The standard InChI is InChI=1S/C17H18O3/c1-3-4-5-13(2)10-11-19-15-8-6-14-7-9-17(18)20-16(14)12-15/h3,6-10,12H,1,4-5,11H2,2H3/b13-10+. The molecule has 20 heavy (non-hydrogen) atoms. The van der Waals surface area contributed by atoms with E-state index in [4.69, 9.17) is 9.15 Å². The fraction of sp³-hybridized carbons (Fsp3) is 0.235. The zero-order valence-corrected chi connectivity index (χ0v) is 11.6. The Hall–Kier alpha value is -2.29. The number of allylic oxidation sites excluding steroid dienone is 2. The minimum absolute atomic E-state index is 0.352. The summed E-state index contributed by atoms with van der Waals surface area (Å²) in [4.78, 5) is 11.2. The quantitative estimate of drug-likeness (QED) is 0.586. The van der Waals surface area contributed by atoms with Crippen molar-refractivity contribution in [2.45, 2.75) is 19.8 Å². The summed E-state index contributed by atoms with van der Waals surface area (Å²) in [7, 11) is 0. The van der Waals surface area contributed by atoms with Gasteiger partial charge in [0.15, 0.2) is 0 Å². The van der Waals surface area contributed by atoms with Crippen LogP contribution in [0.15, 0.2) is 63.8 Å². The van der Waals surface area contributed by atoms with Gasteiger partial charge in [-0.2, -0.15) is 0 Å². The monoisotopic (exact) mass is 270 g/mol. The minimum Gasteiger partial charge on any atom is -0.489 e. The van der Waals surface area contributed by atoms with E-state index >= 15 is 0 Å². The van der Waals surface area contributed by atoms with E-state index in [9.17, 15) is 4.79 Å². The Morgan fingerprint density at radius 2 is 2.15 bits per heavy atom. The highest BCUT2D eigenvalue weighted by atomic mass is 16.5. The molecule has 0 aliphatic carbocycles. The lowest BCUT2D eigenvalue weighted by atomic mass is 10.1. The summed E-state index contributed by atoms with van der Waals surface area (Å²) in [6.07, 6.45) is 5.93. The molecular formula is C17H18O3. The van der Waals surface area contributed by atoms with Crippen molar-refractivity contribution in [2.75, 3.05) is 6.61 Å². The minimum atomic E-state index is -0.352. The van der Waals surface area contributed by atoms with Gasteiger partial charge in [0.1, 0.15) is 17.9 Å². The average Bonchev–Trinajstić information content (AvgIpc) is 2.44. The molecule has 0 spiro atoms. The van der Waals surface area contributed by atoms with Gasteiger partial charge in [-0.1, -0.05) is 11.6 Å². The van der Waals surface area contributed by atoms with Crippen molar-refractivity contribution in [3.63, 3.8) is 0 Å². The second-order valence-corrected chi connectivity index (χ2v) is 4.64. The Balaban J connectivity index is 2.03. The first-order valence-corrected chi connectivity index (χ1v) is 6.62. The van der Waals surface area contributed by atoms with Crippen LogP contribution in [-0.4, -0.2) is 6.61 Å². The maximum absolute atomic E-state index is 11.2. The molecular weight excluding hydrogens is 252 g/mol. The number of benzene rings is 1. The topological polar surface area (TPSA) is 39.4 Å². The maximum atomic E-state index is 11.2. The van der Waals surface area contributed by atoms with Crippen LogP contribution in [-0.2, 0) is 0 Å². The van der Waals surface area contributed by atoms with Gasteiger partial charge in [0.05, 0.1) is 0 Å². The van der Waals surface area contributed by atoms with Gasteiger partial charge in [-0.3, -0.25) is 0 Å². The highest BCUT2D eigenvalue weighted by Gasteiger charge is 2.00. The van der Waals surface area contributed by atoms with Crippen molar-refractivity contribution < 1.29 is 9.15 Å². The molecule has 2 aromatic rings. The predicted molar refractivity (Wildman–Crippen MR) is 81.2 cm³/mol. The molecule has 0 amide bonds. The third-order valence-corrected chi connectivity index (χ3v) is 3.02. The van der Waals surface area contributed by atoms with Crippen LogP contribution in [0.4, 0.5) is 0 Å². The lowest BCUT2D eigenvalue weighted by Gasteiger charge is -2.05. The fourth-order valence-electron chi connectivity index (χ4n) is 1.84. The van der Waals surface area contributed by atoms with Crippen LogP contribution < -0.4 is 10.4 Å². The molecule has 1 heterocycles. The summed E-state index contributed by atoms with van der Waals surface area (Å²) < 4.78 is 10.8. The van der Waals surface area contributed by atoms with Crippen LogP contribution in [0.3, 0.4) is 0 Å². The van der Waals surface area contributed by atoms with Crippen LogP contribution >= 0.6 is 0 Å². The smallest absolute Gasteiger partial charge is 0.336 e. The van der Waals surface area contributed by atoms with Crippen LogP contribution in [0.5, 0.6) is 5.75 Å².